The number of nitrogens with two attached hydrogens (primary N) is 1. The van der Waals surface area contributed by atoms with Crippen LogP contribution >= 0.6 is 11.3 Å². The van der Waals surface area contributed by atoms with Gasteiger partial charge in [0.25, 0.3) is 0 Å². The summed E-state index contributed by atoms with van der Waals surface area (Å²) in [6.45, 7) is 2.14. The van der Waals surface area contributed by atoms with Crippen LogP contribution in [0, 0.1) is 0 Å². The van der Waals surface area contributed by atoms with Crippen molar-refractivity contribution in [2.75, 3.05) is 11.1 Å². The second-order valence-corrected chi connectivity index (χ2v) is 4.61. The molecule has 2 aromatic heterocycles. The maximum absolute atomic E-state index is 5.62. The Bertz CT molecular complexity index is 439. The first kappa shape index (κ1) is 11.0. The van der Waals surface area contributed by atoms with E-state index in [1.54, 1.807) is 17.4 Å². The first-order chi connectivity index (χ1) is 7.74. The fourth-order valence-corrected chi connectivity index (χ4v) is 2.28. The van der Waals surface area contributed by atoms with Crippen molar-refractivity contribution < 1.29 is 0 Å². The molecule has 0 aliphatic rings. The van der Waals surface area contributed by atoms with Crippen molar-refractivity contribution >= 4 is 23.0 Å². The van der Waals surface area contributed by atoms with Crippen LogP contribution in [0.2, 0.25) is 0 Å². The Hall–Kier alpha value is -1.55. The minimum atomic E-state index is 0.351. The van der Waals surface area contributed by atoms with E-state index in [0.29, 0.717) is 11.9 Å². The maximum atomic E-state index is 5.62. The van der Waals surface area contributed by atoms with Gasteiger partial charge in [-0.2, -0.15) is 11.3 Å². The molecule has 3 N–H and O–H groups in total. The number of nitrogen functional groups attached to an aromatic ring is 1. The van der Waals surface area contributed by atoms with E-state index in [0.717, 1.165) is 12.2 Å². The van der Waals surface area contributed by atoms with Gasteiger partial charge in [-0.15, -0.1) is 0 Å². The van der Waals surface area contributed by atoms with Gasteiger partial charge < -0.3 is 11.1 Å². The molecule has 0 fully saturated rings. The van der Waals surface area contributed by atoms with Gasteiger partial charge in [0.1, 0.15) is 11.6 Å². The van der Waals surface area contributed by atoms with Crippen molar-refractivity contribution in [2.45, 2.75) is 19.4 Å². The Morgan fingerprint density at radius 2 is 2.31 bits per heavy atom. The number of aromatic nitrogens is 1. The van der Waals surface area contributed by atoms with Gasteiger partial charge >= 0.3 is 0 Å². The lowest BCUT2D eigenvalue weighted by Crippen LogP contribution is -2.18. The Labute approximate surface area is 99.3 Å². The van der Waals surface area contributed by atoms with Crippen LogP contribution in [-0.4, -0.2) is 11.0 Å². The molecular formula is C12H15N3S. The third-order valence-corrected chi connectivity index (χ3v) is 3.02. The van der Waals surface area contributed by atoms with Crippen LogP contribution in [0.15, 0.2) is 35.0 Å². The predicted molar refractivity (Wildman–Crippen MR) is 69.8 cm³/mol. The summed E-state index contributed by atoms with van der Waals surface area (Å²) in [6.07, 6.45) is 1.000. The lowest BCUT2D eigenvalue weighted by Gasteiger charge is -2.13. The summed E-state index contributed by atoms with van der Waals surface area (Å²) in [6, 6.07) is 8.12. The molecule has 0 saturated heterocycles. The monoisotopic (exact) mass is 233 g/mol. The number of anilines is 2. The van der Waals surface area contributed by atoms with Gasteiger partial charge in [0.05, 0.1) is 0 Å². The van der Waals surface area contributed by atoms with Crippen LogP contribution in [0.1, 0.15) is 12.5 Å². The quantitative estimate of drug-likeness (QED) is 0.853. The van der Waals surface area contributed by atoms with E-state index >= 15 is 0 Å². The standard InChI is InChI=1S/C12H15N3S/c1-9(7-10-5-6-16-8-10)14-12-4-2-3-11(13)15-12/h2-6,8-9H,7H2,1H3,(H3,13,14,15). The van der Waals surface area contributed by atoms with Crippen LogP contribution in [0.25, 0.3) is 0 Å². The molecule has 0 aromatic carbocycles. The highest BCUT2D eigenvalue weighted by Crippen LogP contribution is 2.12. The number of hydrogen-bond acceptors (Lipinski definition) is 4. The number of hydrogen-bond donors (Lipinski definition) is 2. The lowest BCUT2D eigenvalue weighted by atomic mass is 10.1. The number of nitrogens with one attached hydrogen (secondary N) is 1. The SMILES string of the molecule is CC(Cc1ccsc1)Nc1cccc(N)n1. The van der Waals surface area contributed by atoms with E-state index in [-0.39, 0.29) is 0 Å². The molecule has 0 aliphatic carbocycles. The summed E-state index contributed by atoms with van der Waals surface area (Å²) in [5, 5.41) is 7.60. The zero-order valence-electron chi connectivity index (χ0n) is 9.18. The Morgan fingerprint density at radius 1 is 1.44 bits per heavy atom. The minimum absolute atomic E-state index is 0.351. The summed E-state index contributed by atoms with van der Waals surface area (Å²) >= 11 is 1.73. The third-order valence-electron chi connectivity index (χ3n) is 2.29. The number of pyridine rings is 1. The molecule has 0 saturated carbocycles. The van der Waals surface area contributed by atoms with Gasteiger partial charge in [-0.25, -0.2) is 4.98 Å². The van der Waals surface area contributed by atoms with Gasteiger partial charge in [-0.3, -0.25) is 0 Å². The molecule has 1 atom stereocenters. The highest BCUT2D eigenvalue weighted by molar-refractivity contribution is 7.07. The Balaban J connectivity index is 1.94. The van der Waals surface area contributed by atoms with Gasteiger partial charge in [0.2, 0.25) is 0 Å². The molecule has 84 valence electrons. The molecule has 4 heteroatoms. The molecule has 2 rings (SSSR count). The lowest BCUT2D eigenvalue weighted by molar-refractivity contribution is 0.787. The first-order valence-corrected chi connectivity index (χ1v) is 6.18. The van der Waals surface area contributed by atoms with E-state index in [2.05, 4.69) is 34.1 Å². The predicted octanol–water partition coefficient (Wildman–Crippen LogP) is 2.77. The van der Waals surface area contributed by atoms with Crippen LogP contribution < -0.4 is 11.1 Å². The molecule has 16 heavy (non-hydrogen) atoms. The molecule has 0 amide bonds. The van der Waals surface area contributed by atoms with E-state index in [9.17, 15) is 0 Å². The molecule has 1 unspecified atom stereocenters. The zero-order chi connectivity index (χ0) is 11.4. The normalized spacial score (nSPS) is 12.3. The molecule has 0 aliphatic heterocycles. The summed E-state index contributed by atoms with van der Waals surface area (Å²) < 4.78 is 0. The maximum Gasteiger partial charge on any atom is 0.128 e. The molecule has 2 heterocycles. The largest absolute Gasteiger partial charge is 0.384 e. The van der Waals surface area contributed by atoms with Crippen molar-refractivity contribution in [3.8, 4) is 0 Å². The second kappa shape index (κ2) is 4.99. The number of thiophene rings is 1. The molecule has 0 bridgehead atoms. The second-order valence-electron chi connectivity index (χ2n) is 3.83. The molecule has 2 aromatic rings. The van der Waals surface area contributed by atoms with E-state index in [1.165, 1.54) is 5.56 Å². The fourth-order valence-electron chi connectivity index (χ4n) is 1.60. The first-order valence-electron chi connectivity index (χ1n) is 5.24. The Kier molecular flexibility index (Phi) is 3.41. The van der Waals surface area contributed by atoms with E-state index in [4.69, 9.17) is 5.73 Å². The molecule has 0 radical (unpaired) electrons. The fraction of sp³-hybridized carbons (Fsp3) is 0.250. The smallest absolute Gasteiger partial charge is 0.128 e. The van der Waals surface area contributed by atoms with E-state index < -0.39 is 0 Å². The highest BCUT2D eigenvalue weighted by Gasteiger charge is 2.04. The van der Waals surface area contributed by atoms with Crippen LogP contribution in [0.4, 0.5) is 11.6 Å². The summed E-state index contributed by atoms with van der Waals surface area (Å²) in [4.78, 5) is 4.21. The molecule has 3 nitrogen and oxygen atoms in total. The zero-order valence-corrected chi connectivity index (χ0v) is 10.00. The van der Waals surface area contributed by atoms with Crippen LogP contribution in [0.5, 0.6) is 0 Å². The van der Waals surface area contributed by atoms with Gasteiger partial charge in [0.15, 0.2) is 0 Å². The number of rotatable bonds is 4. The minimum Gasteiger partial charge on any atom is -0.384 e. The average molecular weight is 233 g/mol. The topological polar surface area (TPSA) is 50.9 Å². The molecular weight excluding hydrogens is 218 g/mol. The highest BCUT2D eigenvalue weighted by atomic mass is 32.1. The molecule has 0 spiro atoms. The summed E-state index contributed by atoms with van der Waals surface area (Å²) in [5.41, 5.74) is 6.98. The van der Waals surface area contributed by atoms with Crippen LogP contribution in [0.3, 0.4) is 0 Å². The summed E-state index contributed by atoms with van der Waals surface area (Å²) in [7, 11) is 0. The van der Waals surface area contributed by atoms with Crippen molar-refractivity contribution in [3.05, 3.63) is 40.6 Å². The van der Waals surface area contributed by atoms with Crippen LogP contribution in [-0.2, 0) is 6.42 Å². The van der Waals surface area contributed by atoms with Crippen molar-refractivity contribution in [3.63, 3.8) is 0 Å². The number of nitrogens with zero attached hydrogens (tertiary/aromatic N) is 1. The third kappa shape index (κ3) is 2.97. The summed E-state index contributed by atoms with van der Waals surface area (Å²) in [5.74, 6) is 1.38. The van der Waals surface area contributed by atoms with Crippen molar-refractivity contribution in [1.29, 1.82) is 0 Å². The van der Waals surface area contributed by atoms with Crippen molar-refractivity contribution in [2.24, 2.45) is 0 Å². The van der Waals surface area contributed by atoms with Crippen molar-refractivity contribution in [1.82, 2.24) is 4.98 Å². The van der Waals surface area contributed by atoms with Gasteiger partial charge in [0, 0.05) is 6.04 Å². The Morgan fingerprint density at radius 3 is 3.00 bits per heavy atom. The van der Waals surface area contributed by atoms with Gasteiger partial charge in [-0.1, -0.05) is 6.07 Å². The average Bonchev–Trinajstić information content (AvgIpc) is 2.70. The van der Waals surface area contributed by atoms with E-state index in [1.807, 2.05) is 12.1 Å². The van der Waals surface area contributed by atoms with Gasteiger partial charge in [-0.05, 0) is 47.9 Å².